The van der Waals surface area contributed by atoms with Gasteiger partial charge in [0.05, 0.1) is 0 Å². The topological polar surface area (TPSA) is 35.5 Å². The number of rotatable bonds is 4. The molecule has 1 atom stereocenters. The van der Waals surface area contributed by atoms with Crippen molar-refractivity contribution in [2.24, 2.45) is 5.41 Å². The number of nitrogens with one attached hydrogen (secondary N) is 1. The Bertz CT molecular complexity index is 436. The van der Waals surface area contributed by atoms with E-state index in [1.807, 2.05) is 12.1 Å². The van der Waals surface area contributed by atoms with Gasteiger partial charge in [0.2, 0.25) is 0 Å². The predicted octanol–water partition coefficient (Wildman–Crippen LogP) is 2.61. The molecular weight excluding hydrogens is 272 g/mol. The molecule has 1 aromatic rings. The fourth-order valence-electron chi connectivity index (χ4n) is 3.09. The first-order valence-electron chi connectivity index (χ1n) is 7.28. The van der Waals surface area contributed by atoms with Crippen LogP contribution >= 0.6 is 11.6 Å². The fraction of sp³-hybridized carbons (Fsp3) is 0.625. The monoisotopic (exact) mass is 296 g/mol. The second kappa shape index (κ2) is 6.44. The maximum atomic E-state index is 9.85. The summed E-state index contributed by atoms with van der Waals surface area (Å²) in [5, 5.41) is 14.0. The smallest absolute Gasteiger partial charge is 0.0500 e. The summed E-state index contributed by atoms with van der Waals surface area (Å²) >= 11 is 6.48. The molecule has 3 nitrogen and oxygen atoms in total. The van der Waals surface area contributed by atoms with Gasteiger partial charge >= 0.3 is 0 Å². The largest absolute Gasteiger partial charge is 0.396 e. The number of aliphatic hydroxyl groups is 1. The molecule has 1 aliphatic heterocycles. The summed E-state index contributed by atoms with van der Waals surface area (Å²) in [4.78, 5) is 2.45. The third kappa shape index (κ3) is 3.17. The van der Waals surface area contributed by atoms with Gasteiger partial charge < -0.3 is 10.4 Å². The van der Waals surface area contributed by atoms with E-state index in [2.05, 4.69) is 37.1 Å². The molecule has 112 valence electrons. The molecule has 1 aliphatic rings. The first-order chi connectivity index (χ1) is 9.47. The number of aryl methyl sites for hydroxylation is 1. The Hall–Kier alpha value is -0.610. The van der Waals surface area contributed by atoms with E-state index in [0.29, 0.717) is 0 Å². The standard InChI is InChI=1S/C16H25ClN2O/c1-12-5-4-6-13(17)14(12)15(16(2,3)11-20)19-9-7-18-8-10-19/h4-6,15,18,20H,7-11H2,1-3H3/t15-/m1/s1. The van der Waals surface area contributed by atoms with Crippen molar-refractivity contribution in [2.45, 2.75) is 26.8 Å². The Morgan fingerprint density at radius 1 is 1.35 bits per heavy atom. The maximum Gasteiger partial charge on any atom is 0.0500 e. The number of hydrogen-bond acceptors (Lipinski definition) is 3. The minimum absolute atomic E-state index is 0.142. The molecule has 1 aromatic carbocycles. The van der Waals surface area contributed by atoms with Crippen LogP contribution in [-0.2, 0) is 0 Å². The number of nitrogens with zero attached hydrogens (tertiary/aromatic N) is 1. The van der Waals surface area contributed by atoms with Crippen molar-refractivity contribution in [1.29, 1.82) is 0 Å². The average Bonchev–Trinajstić information content (AvgIpc) is 2.43. The van der Waals surface area contributed by atoms with E-state index < -0.39 is 0 Å². The Kier molecular flexibility index (Phi) is 5.08. The van der Waals surface area contributed by atoms with Crippen LogP contribution < -0.4 is 5.32 Å². The molecule has 0 spiro atoms. The van der Waals surface area contributed by atoms with E-state index in [9.17, 15) is 5.11 Å². The summed E-state index contributed by atoms with van der Waals surface area (Å²) in [6.45, 7) is 10.4. The Morgan fingerprint density at radius 2 is 2.00 bits per heavy atom. The van der Waals surface area contributed by atoms with Gasteiger partial charge in [-0.05, 0) is 24.1 Å². The van der Waals surface area contributed by atoms with Gasteiger partial charge in [-0.2, -0.15) is 0 Å². The van der Waals surface area contributed by atoms with Gasteiger partial charge in [0.1, 0.15) is 0 Å². The summed E-state index contributed by atoms with van der Waals surface area (Å²) < 4.78 is 0. The van der Waals surface area contributed by atoms with Crippen LogP contribution in [0.2, 0.25) is 5.02 Å². The van der Waals surface area contributed by atoms with Crippen molar-refractivity contribution in [3.05, 3.63) is 34.3 Å². The van der Waals surface area contributed by atoms with Gasteiger partial charge in [0.15, 0.2) is 0 Å². The van der Waals surface area contributed by atoms with Crippen LogP contribution in [0.25, 0.3) is 0 Å². The molecule has 0 radical (unpaired) electrons. The zero-order chi connectivity index (χ0) is 14.8. The highest BCUT2D eigenvalue weighted by molar-refractivity contribution is 6.31. The lowest BCUT2D eigenvalue weighted by Gasteiger charge is -2.44. The highest BCUT2D eigenvalue weighted by atomic mass is 35.5. The quantitative estimate of drug-likeness (QED) is 0.896. The second-order valence-corrected chi connectivity index (χ2v) is 6.71. The Balaban J connectivity index is 2.45. The van der Waals surface area contributed by atoms with Crippen LogP contribution in [0.15, 0.2) is 18.2 Å². The maximum absolute atomic E-state index is 9.85. The Morgan fingerprint density at radius 3 is 2.55 bits per heavy atom. The van der Waals surface area contributed by atoms with Crippen LogP contribution in [0.5, 0.6) is 0 Å². The van der Waals surface area contributed by atoms with Crippen LogP contribution in [0.1, 0.15) is 31.0 Å². The molecule has 0 saturated carbocycles. The highest BCUT2D eigenvalue weighted by Gasteiger charge is 2.37. The van der Waals surface area contributed by atoms with Gasteiger partial charge in [-0.3, -0.25) is 4.90 Å². The van der Waals surface area contributed by atoms with E-state index in [0.717, 1.165) is 36.8 Å². The number of aliphatic hydroxyl groups excluding tert-OH is 1. The fourth-order valence-corrected chi connectivity index (χ4v) is 3.41. The van der Waals surface area contributed by atoms with Crippen LogP contribution in [0.3, 0.4) is 0 Å². The summed E-state index contributed by atoms with van der Waals surface area (Å²) in [6, 6.07) is 6.18. The SMILES string of the molecule is Cc1cccc(Cl)c1[C@@H](N1CCNCC1)C(C)(C)CO. The van der Waals surface area contributed by atoms with E-state index in [4.69, 9.17) is 11.6 Å². The van der Waals surface area contributed by atoms with Crippen molar-refractivity contribution >= 4 is 11.6 Å². The van der Waals surface area contributed by atoms with Crippen molar-refractivity contribution in [1.82, 2.24) is 10.2 Å². The first-order valence-corrected chi connectivity index (χ1v) is 7.66. The lowest BCUT2D eigenvalue weighted by Crippen LogP contribution is -2.49. The summed E-state index contributed by atoms with van der Waals surface area (Å²) in [5.41, 5.74) is 2.13. The molecule has 1 saturated heterocycles. The lowest BCUT2D eigenvalue weighted by atomic mass is 9.78. The van der Waals surface area contributed by atoms with E-state index in [1.165, 1.54) is 5.56 Å². The zero-order valence-corrected chi connectivity index (χ0v) is 13.4. The molecule has 1 fully saturated rings. The lowest BCUT2D eigenvalue weighted by molar-refractivity contribution is 0.0302. The molecule has 0 unspecified atom stereocenters. The van der Waals surface area contributed by atoms with Crippen LogP contribution in [0.4, 0.5) is 0 Å². The number of hydrogen-bond donors (Lipinski definition) is 2. The normalized spacial score (nSPS) is 19.1. The number of benzene rings is 1. The number of piperazine rings is 1. The predicted molar refractivity (Wildman–Crippen MR) is 84.2 cm³/mol. The molecule has 0 bridgehead atoms. The van der Waals surface area contributed by atoms with Crippen LogP contribution in [-0.4, -0.2) is 42.8 Å². The average molecular weight is 297 g/mol. The van der Waals surface area contributed by atoms with Gasteiger partial charge in [0, 0.05) is 49.3 Å². The highest BCUT2D eigenvalue weighted by Crippen LogP contribution is 2.42. The Labute approximate surface area is 126 Å². The molecular formula is C16H25ClN2O. The molecule has 0 aliphatic carbocycles. The summed E-state index contributed by atoms with van der Waals surface area (Å²) in [6.07, 6.45) is 0. The van der Waals surface area contributed by atoms with E-state index in [1.54, 1.807) is 0 Å². The van der Waals surface area contributed by atoms with Crippen molar-refractivity contribution in [3.8, 4) is 0 Å². The zero-order valence-electron chi connectivity index (χ0n) is 12.6. The molecule has 2 rings (SSSR count). The summed E-state index contributed by atoms with van der Waals surface area (Å²) in [5.74, 6) is 0. The molecule has 0 amide bonds. The second-order valence-electron chi connectivity index (χ2n) is 6.31. The molecule has 2 N–H and O–H groups in total. The minimum atomic E-state index is -0.229. The van der Waals surface area contributed by atoms with Gasteiger partial charge in [-0.25, -0.2) is 0 Å². The van der Waals surface area contributed by atoms with Gasteiger partial charge in [0.25, 0.3) is 0 Å². The van der Waals surface area contributed by atoms with Gasteiger partial charge in [-0.1, -0.05) is 37.6 Å². The van der Waals surface area contributed by atoms with Crippen molar-refractivity contribution in [3.63, 3.8) is 0 Å². The van der Waals surface area contributed by atoms with E-state index >= 15 is 0 Å². The van der Waals surface area contributed by atoms with Crippen LogP contribution in [0, 0.1) is 12.3 Å². The third-order valence-corrected chi connectivity index (χ3v) is 4.54. The number of halogens is 1. The molecule has 1 heterocycles. The van der Waals surface area contributed by atoms with Crippen molar-refractivity contribution < 1.29 is 5.11 Å². The first kappa shape index (κ1) is 15.8. The molecule has 20 heavy (non-hydrogen) atoms. The minimum Gasteiger partial charge on any atom is -0.396 e. The third-order valence-electron chi connectivity index (χ3n) is 4.21. The molecule has 0 aromatic heterocycles. The summed E-state index contributed by atoms with van der Waals surface area (Å²) in [7, 11) is 0. The van der Waals surface area contributed by atoms with Crippen molar-refractivity contribution in [2.75, 3.05) is 32.8 Å². The van der Waals surface area contributed by atoms with E-state index in [-0.39, 0.29) is 18.1 Å². The van der Waals surface area contributed by atoms with Gasteiger partial charge in [-0.15, -0.1) is 0 Å². The molecule has 4 heteroatoms.